The van der Waals surface area contributed by atoms with Crippen LogP contribution >= 0.6 is 0 Å². The van der Waals surface area contributed by atoms with Crippen LogP contribution in [0.15, 0.2) is 18.2 Å². The predicted molar refractivity (Wildman–Crippen MR) is 52.1 cm³/mol. The molecule has 2 radical (unpaired) electrons. The molecule has 2 nitrogen and oxygen atoms in total. The second kappa shape index (κ2) is 4.79. The Morgan fingerprint density at radius 1 is 1.57 bits per heavy atom. The van der Waals surface area contributed by atoms with Gasteiger partial charge in [0.25, 0.3) is 0 Å². The molecule has 0 saturated heterocycles. The van der Waals surface area contributed by atoms with Crippen molar-refractivity contribution in [3.63, 3.8) is 0 Å². The largest absolute Gasteiger partial charge is 0.466 e. The molecule has 72 valence electrons. The van der Waals surface area contributed by atoms with Gasteiger partial charge in [0, 0.05) is 0 Å². The van der Waals surface area contributed by atoms with Gasteiger partial charge in [-0.25, -0.2) is 4.39 Å². The fraction of sp³-hybridized carbons (Fsp3) is 0.300. The number of benzene rings is 1. The first-order chi connectivity index (χ1) is 6.65. The Morgan fingerprint density at radius 3 is 2.86 bits per heavy atom. The minimum Gasteiger partial charge on any atom is -0.466 e. The number of carbonyl (C=O) groups excluding carboxylic acids is 1. The number of hydrogen-bond donors (Lipinski definition) is 0. The number of halogens is 1. The van der Waals surface area contributed by atoms with Crippen molar-refractivity contribution < 1.29 is 13.9 Å². The standard InChI is InChI=1S/C10H10BFO2/c1-2-14-10(13)6-7-8(11)4-3-5-9(7)12/h3-5H,2,6H2,1H3. The highest BCUT2D eigenvalue weighted by molar-refractivity contribution is 6.33. The van der Waals surface area contributed by atoms with Crippen LogP contribution in [0.4, 0.5) is 4.39 Å². The molecule has 0 heterocycles. The number of esters is 1. The Morgan fingerprint density at radius 2 is 2.29 bits per heavy atom. The van der Waals surface area contributed by atoms with E-state index < -0.39 is 11.8 Å². The fourth-order valence-corrected chi connectivity index (χ4v) is 1.12. The molecule has 0 fully saturated rings. The molecule has 0 atom stereocenters. The van der Waals surface area contributed by atoms with Crippen molar-refractivity contribution in [2.24, 2.45) is 0 Å². The number of carbonyl (C=O) groups is 1. The van der Waals surface area contributed by atoms with E-state index in [0.717, 1.165) is 0 Å². The van der Waals surface area contributed by atoms with Crippen LogP contribution in [0.3, 0.4) is 0 Å². The Balaban J connectivity index is 2.80. The normalized spacial score (nSPS) is 9.86. The molecule has 0 aliphatic heterocycles. The first kappa shape index (κ1) is 10.8. The van der Waals surface area contributed by atoms with E-state index in [1.807, 2.05) is 0 Å². The molecule has 4 heteroatoms. The van der Waals surface area contributed by atoms with Gasteiger partial charge in [0.1, 0.15) is 13.7 Å². The molecule has 0 aromatic heterocycles. The molecule has 1 aromatic carbocycles. The van der Waals surface area contributed by atoms with Crippen molar-refractivity contribution in [1.29, 1.82) is 0 Å². The molecule has 1 aromatic rings. The molecule has 0 amide bonds. The van der Waals surface area contributed by atoms with E-state index in [-0.39, 0.29) is 24.1 Å². The highest BCUT2D eigenvalue weighted by Gasteiger charge is 2.10. The van der Waals surface area contributed by atoms with Crippen molar-refractivity contribution in [2.75, 3.05) is 6.61 Å². The van der Waals surface area contributed by atoms with Gasteiger partial charge in [-0.05, 0) is 18.6 Å². The molecular formula is C10H10BFO2. The zero-order valence-electron chi connectivity index (χ0n) is 7.92. The van der Waals surface area contributed by atoms with Gasteiger partial charge in [-0.15, -0.1) is 0 Å². The maximum Gasteiger partial charge on any atom is 0.310 e. The quantitative estimate of drug-likeness (QED) is 0.521. The van der Waals surface area contributed by atoms with Crippen LogP contribution in [-0.2, 0) is 16.0 Å². The Bertz CT molecular complexity index is 319. The average Bonchev–Trinajstić information content (AvgIpc) is 2.12. The third-order valence-electron chi connectivity index (χ3n) is 1.78. The van der Waals surface area contributed by atoms with Gasteiger partial charge in [0.2, 0.25) is 0 Å². The highest BCUT2D eigenvalue weighted by atomic mass is 19.1. The van der Waals surface area contributed by atoms with Crippen LogP contribution in [0.25, 0.3) is 0 Å². The minimum atomic E-state index is -0.474. The molecule has 0 aliphatic rings. The van der Waals surface area contributed by atoms with E-state index >= 15 is 0 Å². The van der Waals surface area contributed by atoms with Gasteiger partial charge in [-0.3, -0.25) is 4.79 Å². The lowest BCUT2D eigenvalue weighted by Gasteiger charge is -2.06. The van der Waals surface area contributed by atoms with Gasteiger partial charge < -0.3 is 4.74 Å². The predicted octanol–water partition coefficient (Wildman–Crippen LogP) is 0.725. The van der Waals surface area contributed by atoms with Crippen LogP contribution in [0.1, 0.15) is 12.5 Å². The van der Waals surface area contributed by atoms with Crippen LogP contribution < -0.4 is 5.46 Å². The Hall–Kier alpha value is -1.32. The molecule has 0 bridgehead atoms. The lowest BCUT2D eigenvalue weighted by Crippen LogP contribution is -2.18. The van der Waals surface area contributed by atoms with E-state index in [2.05, 4.69) is 0 Å². The van der Waals surface area contributed by atoms with Crippen LogP contribution in [0.2, 0.25) is 0 Å². The maximum absolute atomic E-state index is 13.2. The summed E-state index contributed by atoms with van der Waals surface area (Å²) < 4.78 is 17.9. The Labute approximate surface area is 83.5 Å². The van der Waals surface area contributed by atoms with Crippen molar-refractivity contribution in [3.8, 4) is 0 Å². The van der Waals surface area contributed by atoms with Gasteiger partial charge >= 0.3 is 5.97 Å². The van der Waals surface area contributed by atoms with E-state index in [1.54, 1.807) is 13.0 Å². The number of rotatable bonds is 3. The second-order valence-electron chi connectivity index (χ2n) is 2.79. The lowest BCUT2D eigenvalue weighted by molar-refractivity contribution is -0.142. The summed E-state index contributed by atoms with van der Waals surface area (Å²) in [6.45, 7) is 1.98. The monoisotopic (exact) mass is 192 g/mol. The van der Waals surface area contributed by atoms with E-state index in [9.17, 15) is 9.18 Å². The first-order valence-electron chi connectivity index (χ1n) is 4.33. The third-order valence-corrected chi connectivity index (χ3v) is 1.78. The summed E-state index contributed by atoms with van der Waals surface area (Å²) in [4.78, 5) is 11.1. The van der Waals surface area contributed by atoms with E-state index in [0.29, 0.717) is 0 Å². The fourth-order valence-electron chi connectivity index (χ4n) is 1.12. The molecule has 1 rings (SSSR count). The molecule has 14 heavy (non-hydrogen) atoms. The van der Waals surface area contributed by atoms with Crippen molar-refractivity contribution in [1.82, 2.24) is 0 Å². The third kappa shape index (κ3) is 2.59. The lowest BCUT2D eigenvalue weighted by atomic mass is 9.89. The van der Waals surface area contributed by atoms with Crippen molar-refractivity contribution in [2.45, 2.75) is 13.3 Å². The SMILES string of the molecule is [B]c1cccc(F)c1CC(=O)OCC. The average molecular weight is 192 g/mol. The van der Waals surface area contributed by atoms with Gasteiger partial charge in [0.05, 0.1) is 13.0 Å². The molecule has 0 aliphatic carbocycles. The van der Waals surface area contributed by atoms with Gasteiger partial charge in [-0.1, -0.05) is 17.6 Å². The smallest absolute Gasteiger partial charge is 0.310 e. The second-order valence-corrected chi connectivity index (χ2v) is 2.79. The summed E-state index contributed by atoms with van der Waals surface area (Å²) in [6, 6.07) is 4.32. The van der Waals surface area contributed by atoms with E-state index in [1.165, 1.54) is 12.1 Å². The zero-order chi connectivity index (χ0) is 10.6. The first-order valence-corrected chi connectivity index (χ1v) is 4.33. The summed E-state index contributed by atoms with van der Waals surface area (Å²) in [6.07, 6.45) is -0.119. The molecule has 0 N–H and O–H groups in total. The minimum absolute atomic E-state index is 0.119. The maximum atomic E-state index is 13.2. The molecule has 0 saturated carbocycles. The van der Waals surface area contributed by atoms with Crippen LogP contribution in [-0.4, -0.2) is 20.4 Å². The summed E-state index contributed by atoms with van der Waals surface area (Å²) in [7, 11) is 5.52. The van der Waals surface area contributed by atoms with Crippen LogP contribution in [0, 0.1) is 5.82 Å². The number of ether oxygens (including phenoxy) is 1. The zero-order valence-corrected chi connectivity index (χ0v) is 7.92. The van der Waals surface area contributed by atoms with Gasteiger partial charge in [-0.2, -0.15) is 0 Å². The summed E-state index contributed by atoms with van der Waals surface area (Å²) >= 11 is 0. The molecule has 0 spiro atoms. The topological polar surface area (TPSA) is 26.3 Å². The Kier molecular flexibility index (Phi) is 3.68. The van der Waals surface area contributed by atoms with Crippen molar-refractivity contribution in [3.05, 3.63) is 29.6 Å². The highest BCUT2D eigenvalue weighted by Crippen LogP contribution is 2.05. The van der Waals surface area contributed by atoms with Crippen LogP contribution in [0.5, 0.6) is 0 Å². The molecule has 0 unspecified atom stereocenters. The summed E-state index contributed by atoms with van der Waals surface area (Å²) in [5.74, 6) is -0.942. The number of hydrogen-bond acceptors (Lipinski definition) is 2. The van der Waals surface area contributed by atoms with E-state index in [4.69, 9.17) is 12.6 Å². The summed E-state index contributed by atoms with van der Waals surface area (Å²) in [5.41, 5.74) is 0.476. The van der Waals surface area contributed by atoms with Crippen molar-refractivity contribution >= 4 is 19.3 Å². The van der Waals surface area contributed by atoms with Gasteiger partial charge in [0.15, 0.2) is 0 Å². The molecular weight excluding hydrogens is 182 g/mol. The summed E-state index contributed by atoms with van der Waals surface area (Å²) in [5, 5.41) is 0.